The standard InChI is InChI=1S/C22H24N2O5/c1-4-29-19-8-6-5-7-18(19)24-13-16(12-20(24)25)21(26)23-17-11-15(22(27)28-3)10-9-14(17)2/h5-11,16H,4,12-13H2,1-3H3,(H,23,26)/t16-/m1/s1. The Balaban J connectivity index is 1.76. The van der Waals surface area contributed by atoms with Crippen LogP contribution < -0.4 is 15.0 Å². The van der Waals surface area contributed by atoms with Crippen molar-refractivity contribution < 1.29 is 23.9 Å². The second-order valence-corrected chi connectivity index (χ2v) is 6.82. The lowest BCUT2D eigenvalue weighted by molar-refractivity contribution is -0.122. The molecule has 2 aromatic carbocycles. The highest BCUT2D eigenvalue weighted by atomic mass is 16.5. The molecule has 0 saturated carbocycles. The Morgan fingerprint density at radius 3 is 2.69 bits per heavy atom. The fourth-order valence-electron chi connectivity index (χ4n) is 3.31. The minimum Gasteiger partial charge on any atom is -0.492 e. The van der Waals surface area contributed by atoms with Gasteiger partial charge in [-0.1, -0.05) is 18.2 Å². The molecule has 1 N–H and O–H groups in total. The van der Waals surface area contributed by atoms with Gasteiger partial charge in [-0.3, -0.25) is 9.59 Å². The number of nitrogens with zero attached hydrogens (tertiary/aromatic N) is 1. The average Bonchev–Trinajstić information content (AvgIpc) is 3.11. The van der Waals surface area contributed by atoms with Gasteiger partial charge in [-0.05, 0) is 43.7 Å². The maximum absolute atomic E-state index is 12.8. The largest absolute Gasteiger partial charge is 0.492 e. The molecule has 0 aromatic heterocycles. The Morgan fingerprint density at radius 2 is 1.97 bits per heavy atom. The lowest BCUT2D eigenvalue weighted by Gasteiger charge is -2.20. The summed E-state index contributed by atoms with van der Waals surface area (Å²) in [4.78, 5) is 38.7. The Bertz CT molecular complexity index is 941. The SMILES string of the molecule is CCOc1ccccc1N1C[C@H](C(=O)Nc2cc(C(=O)OC)ccc2C)CC1=O. The summed E-state index contributed by atoms with van der Waals surface area (Å²) >= 11 is 0. The number of nitrogens with one attached hydrogen (secondary N) is 1. The molecule has 1 atom stereocenters. The molecule has 2 amide bonds. The third-order valence-corrected chi connectivity index (χ3v) is 4.87. The summed E-state index contributed by atoms with van der Waals surface area (Å²) in [5, 5.41) is 2.85. The molecule has 1 saturated heterocycles. The molecule has 0 unspecified atom stereocenters. The van der Waals surface area contributed by atoms with Crippen LogP contribution in [-0.2, 0) is 14.3 Å². The summed E-state index contributed by atoms with van der Waals surface area (Å²) in [5.41, 5.74) is 2.36. The number of amides is 2. The number of aryl methyl sites for hydroxylation is 1. The van der Waals surface area contributed by atoms with Gasteiger partial charge in [0.1, 0.15) is 5.75 Å². The molecule has 0 aliphatic carbocycles. The maximum Gasteiger partial charge on any atom is 0.337 e. The summed E-state index contributed by atoms with van der Waals surface area (Å²) in [6.07, 6.45) is 0.113. The van der Waals surface area contributed by atoms with Crippen molar-refractivity contribution in [2.24, 2.45) is 5.92 Å². The van der Waals surface area contributed by atoms with Crippen LogP contribution in [0.25, 0.3) is 0 Å². The zero-order valence-electron chi connectivity index (χ0n) is 16.7. The number of carbonyl (C=O) groups is 3. The van der Waals surface area contributed by atoms with Gasteiger partial charge in [-0.2, -0.15) is 0 Å². The first-order valence-electron chi connectivity index (χ1n) is 9.46. The van der Waals surface area contributed by atoms with Crippen molar-refractivity contribution in [3.8, 4) is 5.75 Å². The van der Waals surface area contributed by atoms with Gasteiger partial charge in [0.2, 0.25) is 11.8 Å². The Morgan fingerprint density at radius 1 is 1.21 bits per heavy atom. The molecule has 0 radical (unpaired) electrons. The van der Waals surface area contributed by atoms with Crippen LogP contribution in [0.4, 0.5) is 11.4 Å². The molecule has 2 aromatic rings. The monoisotopic (exact) mass is 396 g/mol. The van der Waals surface area contributed by atoms with Crippen molar-refractivity contribution in [3.63, 3.8) is 0 Å². The van der Waals surface area contributed by atoms with E-state index in [1.54, 1.807) is 29.2 Å². The molecule has 1 fully saturated rings. The van der Waals surface area contributed by atoms with Crippen LogP contribution in [0.2, 0.25) is 0 Å². The zero-order valence-corrected chi connectivity index (χ0v) is 16.7. The number of esters is 1. The van der Waals surface area contributed by atoms with Gasteiger partial charge in [0, 0.05) is 18.7 Å². The number of methoxy groups -OCH3 is 1. The first-order valence-corrected chi connectivity index (χ1v) is 9.46. The van der Waals surface area contributed by atoms with E-state index in [4.69, 9.17) is 9.47 Å². The minimum absolute atomic E-state index is 0.113. The normalized spacial score (nSPS) is 15.9. The van der Waals surface area contributed by atoms with Crippen LogP contribution in [0.3, 0.4) is 0 Å². The van der Waals surface area contributed by atoms with E-state index in [2.05, 4.69) is 5.32 Å². The van der Waals surface area contributed by atoms with Crippen molar-refractivity contribution in [1.82, 2.24) is 0 Å². The number of hydrogen-bond acceptors (Lipinski definition) is 5. The predicted molar refractivity (Wildman–Crippen MR) is 109 cm³/mol. The second kappa shape index (κ2) is 8.77. The fourth-order valence-corrected chi connectivity index (χ4v) is 3.31. The topological polar surface area (TPSA) is 84.9 Å². The van der Waals surface area contributed by atoms with Gasteiger partial charge in [0.05, 0.1) is 30.9 Å². The predicted octanol–water partition coefficient (Wildman–Crippen LogP) is 3.17. The highest BCUT2D eigenvalue weighted by Crippen LogP contribution is 2.33. The van der Waals surface area contributed by atoms with Gasteiger partial charge >= 0.3 is 5.97 Å². The zero-order chi connectivity index (χ0) is 21.0. The lowest BCUT2D eigenvalue weighted by Crippen LogP contribution is -2.28. The van der Waals surface area contributed by atoms with Gasteiger partial charge in [-0.25, -0.2) is 4.79 Å². The van der Waals surface area contributed by atoms with E-state index in [0.717, 1.165) is 5.56 Å². The quantitative estimate of drug-likeness (QED) is 0.758. The molecular formula is C22H24N2O5. The number of para-hydroxylation sites is 2. The molecule has 1 aliphatic heterocycles. The summed E-state index contributed by atoms with van der Waals surface area (Å²) < 4.78 is 10.3. The third-order valence-electron chi connectivity index (χ3n) is 4.87. The van der Waals surface area contributed by atoms with Crippen molar-refractivity contribution in [1.29, 1.82) is 0 Å². The van der Waals surface area contributed by atoms with Crippen molar-refractivity contribution in [2.75, 3.05) is 30.5 Å². The van der Waals surface area contributed by atoms with E-state index in [0.29, 0.717) is 29.3 Å². The number of hydrogen-bond donors (Lipinski definition) is 1. The van der Waals surface area contributed by atoms with Gasteiger partial charge in [0.25, 0.3) is 0 Å². The Hall–Kier alpha value is -3.35. The number of benzene rings is 2. The number of ether oxygens (including phenoxy) is 2. The maximum atomic E-state index is 12.8. The third kappa shape index (κ3) is 4.39. The van der Waals surface area contributed by atoms with Crippen LogP contribution in [0, 0.1) is 12.8 Å². The summed E-state index contributed by atoms with van der Waals surface area (Å²) in [6.45, 7) is 4.47. The molecule has 7 nitrogen and oxygen atoms in total. The number of rotatable bonds is 6. The van der Waals surface area contributed by atoms with E-state index in [1.807, 2.05) is 32.0 Å². The molecular weight excluding hydrogens is 372 g/mol. The first kappa shape index (κ1) is 20.4. The van der Waals surface area contributed by atoms with Gasteiger partial charge in [0.15, 0.2) is 0 Å². The summed E-state index contributed by atoms with van der Waals surface area (Å²) in [6, 6.07) is 12.3. The van der Waals surface area contributed by atoms with E-state index in [1.165, 1.54) is 7.11 Å². The molecule has 1 heterocycles. The molecule has 3 rings (SSSR count). The summed E-state index contributed by atoms with van der Waals surface area (Å²) in [7, 11) is 1.30. The Kier molecular flexibility index (Phi) is 6.16. The van der Waals surface area contributed by atoms with Crippen LogP contribution in [0.1, 0.15) is 29.3 Å². The van der Waals surface area contributed by atoms with Crippen molar-refractivity contribution >= 4 is 29.2 Å². The number of anilines is 2. The van der Waals surface area contributed by atoms with Crippen LogP contribution in [0.5, 0.6) is 5.75 Å². The fraction of sp³-hybridized carbons (Fsp3) is 0.318. The smallest absolute Gasteiger partial charge is 0.337 e. The molecule has 29 heavy (non-hydrogen) atoms. The minimum atomic E-state index is -0.502. The highest BCUT2D eigenvalue weighted by molar-refractivity contribution is 6.04. The average molecular weight is 396 g/mol. The van der Waals surface area contributed by atoms with Crippen LogP contribution in [-0.4, -0.2) is 38.0 Å². The van der Waals surface area contributed by atoms with Gasteiger partial charge < -0.3 is 19.7 Å². The number of carbonyl (C=O) groups excluding carboxylic acids is 3. The first-order chi connectivity index (χ1) is 13.9. The Labute approximate surface area is 169 Å². The molecule has 7 heteroatoms. The lowest BCUT2D eigenvalue weighted by atomic mass is 10.1. The second-order valence-electron chi connectivity index (χ2n) is 6.82. The van der Waals surface area contributed by atoms with Crippen LogP contribution >= 0.6 is 0 Å². The molecule has 0 spiro atoms. The molecule has 0 bridgehead atoms. The van der Waals surface area contributed by atoms with E-state index >= 15 is 0 Å². The van der Waals surface area contributed by atoms with Crippen LogP contribution in [0.15, 0.2) is 42.5 Å². The molecule has 152 valence electrons. The van der Waals surface area contributed by atoms with E-state index < -0.39 is 11.9 Å². The van der Waals surface area contributed by atoms with Crippen molar-refractivity contribution in [3.05, 3.63) is 53.6 Å². The highest BCUT2D eigenvalue weighted by Gasteiger charge is 2.36. The van der Waals surface area contributed by atoms with E-state index in [9.17, 15) is 14.4 Å². The summed E-state index contributed by atoms with van der Waals surface area (Å²) in [5.74, 6) is -0.753. The van der Waals surface area contributed by atoms with Gasteiger partial charge in [-0.15, -0.1) is 0 Å². The van der Waals surface area contributed by atoms with Crippen molar-refractivity contribution in [2.45, 2.75) is 20.3 Å². The van der Waals surface area contributed by atoms with E-state index in [-0.39, 0.29) is 24.8 Å². The molecule has 1 aliphatic rings.